The highest BCUT2D eigenvalue weighted by Gasteiger charge is 2.32. The number of benzene rings is 1. The molecule has 0 amide bonds. The number of rotatable bonds is 5. The summed E-state index contributed by atoms with van der Waals surface area (Å²) in [5.74, 6) is -0.176. The minimum atomic E-state index is -0.715. The zero-order valence-corrected chi connectivity index (χ0v) is 11.1. The average molecular weight is 264 g/mol. The highest BCUT2D eigenvalue weighted by molar-refractivity contribution is 5.70. The van der Waals surface area contributed by atoms with Crippen molar-refractivity contribution in [2.24, 2.45) is 11.7 Å². The predicted molar refractivity (Wildman–Crippen MR) is 72.1 cm³/mol. The van der Waals surface area contributed by atoms with Gasteiger partial charge in [0.05, 0.1) is 13.0 Å². The number of nitrogens with zero attached hydrogens (tertiary/aromatic N) is 1. The van der Waals surface area contributed by atoms with E-state index < -0.39 is 5.97 Å². The van der Waals surface area contributed by atoms with Gasteiger partial charge in [-0.05, 0) is 30.7 Å². The number of aliphatic carboxylic acids is 1. The SMILES string of the molecule is COc1ccc([C@@H](CN)N2CC[C@H](C(=O)O)C2)cc1. The molecule has 0 aromatic heterocycles. The Morgan fingerprint density at radius 3 is 2.68 bits per heavy atom. The first-order valence-electron chi connectivity index (χ1n) is 6.46. The number of methoxy groups -OCH3 is 1. The molecule has 1 aromatic carbocycles. The first kappa shape index (κ1) is 13.8. The topological polar surface area (TPSA) is 75.8 Å². The summed E-state index contributed by atoms with van der Waals surface area (Å²) in [6.07, 6.45) is 0.696. The van der Waals surface area contributed by atoms with Gasteiger partial charge in [0.2, 0.25) is 0 Å². The number of carboxylic acid groups (broad SMARTS) is 1. The van der Waals surface area contributed by atoms with Crippen molar-refractivity contribution in [1.29, 1.82) is 0 Å². The third-order valence-electron chi connectivity index (χ3n) is 3.73. The molecule has 19 heavy (non-hydrogen) atoms. The van der Waals surface area contributed by atoms with E-state index in [2.05, 4.69) is 4.90 Å². The van der Waals surface area contributed by atoms with Gasteiger partial charge in [0.25, 0.3) is 0 Å². The number of likely N-dealkylation sites (tertiary alicyclic amines) is 1. The van der Waals surface area contributed by atoms with E-state index in [1.807, 2.05) is 24.3 Å². The van der Waals surface area contributed by atoms with Crippen LogP contribution in [0.4, 0.5) is 0 Å². The Morgan fingerprint density at radius 1 is 1.53 bits per heavy atom. The highest BCUT2D eigenvalue weighted by Crippen LogP contribution is 2.28. The Kier molecular flexibility index (Phi) is 4.39. The molecule has 1 heterocycles. The Balaban J connectivity index is 2.09. The molecule has 1 saturated heterocycles. The Bertz CT molecular complexity index is 433. The van der Waals surface area contributed by atoms with Crippen LogP contribution in [0, 0.1) is 5.92 Å². The van der Waals surface area contributed by atoms with Crippen LogP contribution in [0.25, 0.3) is 0 Å². The molecular weight excluding hydrogens is 244 g/mol. The van der Waals surface area contributed by atoms with Crippen LogP contribution in [0.3, 0.4) is 0 Å². The summed E-state index contributed by atoms with van der Waals surface area (Å²) in [5, 5.41) is 9.05. The van der Waals surface area contributed by atoms with Gasteiger partial charge in [-0.2, -0.15) is 0 Å². The summed E-state index contributed by atoms with van der Waals surface area (Å²) in [5.41, 5.74) is 6.96. The van der Waals surface area contributed by atoms with Crippen molar-refractivity contribution < 1.29 is 14.6 Å². The molecule has 104 valence electrons. The van der Waals surface area contributed by atoms with Crippen LogP contribution < -0.4 is 10.5 Å². The number of hydrogen-bond acceptors (Lipinski definition) is 4. The number of ether oxygens (including phenoxy) is 1. The molecule has 1 aliphatic heterocycles. The number of hydrogen-bond donors (Lipinski definition) is 2. The molecule has 1 aromatic rings. The van der Waals surface area contributed by atoms with Gasteiger partial charge in [-0.3, -0.25) is 9.69 Å². The molecule has 0 radical (unpaired) electrons. The van der Waals surface area contributed by atoms with Crippen LogP contribution in [-0.2, 0) is 4.79 Å². The lowest BCUT2D eigenvalue weighted by Crippen LogP contribution is -2.32. The van der Waals surface area contributed by atoms with Gasteiger partial charge in [-0.25, -0.2) is 0 Å². The molecule has 0 saturated carbocycles. The quantitative estimate of drug-likeness (QED) is 0.833. The van der Waals surface area contributed by atoms with Crippen molar-refractivity contribution in [3.8, 4) is 5.75 Å². The zero-order valence-electron chi connectivity index (χ0n) is 11.1. The van der Waals surface area contributed by atoms with Gasteiger partial charge in [-0.1, -0.05) is 12.1 Å². The van der Waals surface area contributed by atoms with Crippen LogP contribution >= 0.6 is 0 Å². The molecule has 2 atom stereocenters. The molecule has 1 fully saturated rings. The lowest BCUT2D eigenvalue weighted by Gasteiger charge is -2.27. The fraction of sp³-hybridized carbons (Fsp3) is 0.500. The summed E-state index contributed by atoms with van der Waals surface area (Å²) < 4.78 is 5.13. The average Bonchev–Trinajstić information content (AvgIpc) is 2.90. The van der Waals surface area contributed by atoms with Crippen LogP contribution in [0.1, 0.15) is 18.0 Å². The van der Waals surface area contributed by atoms with E-state index in [-0.39, 0.29) is 12.0 Å². The predicted octanol–water partition coefficient (Wildman–Crippen LogP) is 1.10. The highest BCUT2D eigenvalue weighted by atomic mass is 16.5. The standard InChI is InChI=1S/C14H20N2O3/c1-19-12-4-2-10(3-5-12)13(8-15)16-7-6-11(9-16)14(17)18/h2-5,11,13H,6-9,15H2,1H3,(H,17,18)/t11-,13+/m0/s1. The minimum absolute atomic E-state index is 0.0789. The zero-order chi connectivity index (χ0) is 13.8. The monoisotopic (exact) mass is 264 g/mol. The first-order valence-corrected chi connectivity index (χ1v) is 6.46. The van der Waals surface area contributed by atoms with Crippen molar-refractivity contribution in [1.82, 2.24) is 4.90 Å². The molecule has 5 nitrogen and oxygen atoms in total. The minimum Gasteiger partial charge on any atom is -0.497 e. The fourth-order valence-corrected chi connectivity index (χ4v) is 2.59. The fourth-order valence-electron chi connectivity index (χ4n) is 2.59. The molecule has 2 rings (SSSR count). The molecule has 0 spiro atoms. The summed E-state index contributed by atoms with van der Waals surface area (Å²) in [6.45, 7) is 1.84. The van der Waals surface area contributed by atoms with E-state index in [1.165, 1.54) is 0 Å². The van der Waals surface area contributed by atoms with Crippen molar-refractivity contribution in [2.75, 3.05) is 26.7 Å². The summed E-state index contributed by atoms with van der Waals surface area (Å²) in [6, 6.07) is 7.87. The molecule has 3 N–H and O–H groups in total. The van der Waals surface area contributed by atoms with E-state index in [0.29, 0.717) is 19.5 Å². The normalized spacial score (nSPS) is 21.3. The van der Waals surface area contributed by atoms with Gasteiger partial charge < -0.3 is 15.6 Å². The van der Waals surface area contributed by atoms with Crippen molar-refractivity contribution in [2.45, 2.75) is 12.5 Å². The van der Waals surface area contributed by atoms with Gasteiger partial charge in [0.1, 0.15) is 5.75 Å². The molecule has 0 bridgehead atoms. The van der Waals surface area contributed by atoms with Gasteiger partial charge in [0.15, 0.2) is 0 Å². The number of carboxylic acids is 1. The summed E-state index contributed by atoms with van der Waals surface area (Å²) in [7, 11) is 1.63. The van der Waals surface area contributed by atoms with Gasteiger partial charge in [0, 0.05) is 19.1 Å². The first-order chi connectivity index (χ1) is 9.15. The third-order valence-corrected chi connectivity index (χ3v) is 3.73. The Labute approximate surface area is 113 Å². The smallest absolute Gasteiger partial charge is 0.307 e. The Hall–Kier alpha value is -1.59. The molecular formula is C14H20N2O3. The van der Waals surface area contributed by atoms with E-state index in [1.54, 1.807) is 7.11 Å². The second kappa shape index (κ2) is 6.04. The number of nitrogens with two attached hydrogens (primary N) is 1. The summed E-state index contributed by atoms with van der Waals surface area (Å²) in [4.78, 5) is 13.2. The van der Waals surface area contributed by atoms with Crippen LogP contribution in [0.5, 0.6) is 5.75 Å². The maximum Gasteiger partial charge on any atom is 0.307 e. The number of carbonyl (C=O) groups is 1. The van der Waals surface area contributed by atoms with Gasteiger partial charge in [-0.15, -0.1) is 0 Å². The Morgan fingerprint density at radius 2 is 2.21 bits per heavy atom. The maximum atomic E-state index is 11.0. The third kappa shape index (κ3) is 3.05. The van der Waals surface area contributed by atoms with Crippen molar-refractivity contribution in [3.05, 3.63) is 29.8 Å². The van der Waals surface area contributed by atoms with Crippen molar-refractivity contribution in [3.63, 3.8) is 0 Å². The lowest BCUT2D eigenvalue weighted by molar-refractivity contribution is -0.141. The largest absolute Gasteiger partial charge is 0.497 e. The van der Waals surface area contributed by atoms with Crippen LogP contribution in [0.15, 0.2) is 24.3 Å². The second-order valence-corrected chi connectivity index (χ2v) is 4.84. The molecule has 5 heteroatoms. The van der Waals surface area contributed by atoms with Crippen LogP contribution in [0.2, 0.25) is 0 Å². The molecule has 0 aliphatic carbocycles. The maximum absolute atomic E-state index is 11.0. The van der Waals surface area contributed by atoms with Gasteiger partial charge >= 0.3 is 5.97 Å². The second-order valence-electron chi connectivity index (χ2n) is 4.84. The van der Waals surface area contributed by atoms with Crippen molar-refractivity contribution >= 4 is 5.97 Å². The summed E-state index contributed by atoms with van der Waals surface area (Å²) >= 11 is 0. The van der Waals surface area contributed by atoms with E-state index in [4.69, 9.17) is 15.6 Å². The molecule has 0 unspecified atom stereocenters. The van der Waals surface area contributed by atoms with E-state index in [9.17, 15) is 4.79 Å². The lowest BCUT2D eigenvalue weighted by atomic mass is 10.1. The van der Waals surface area contributed by atoms with E-state index >= 15 is 0 Å². The van der Waals surface area contributed by atoms with E-state index in [0.717, 1.165) is 17.9 Å². The van der Waals surface area contributed by atoms with Crippen LogP contribution in [-0.4, -0.2) is 42.7 Å². The molecule has 1 aliphatic rings.